The van der Waals surface area contributed by atoms with E-state index in [1.165, 1.54) is 11.1 Å². The van der Waals surface area contributed by atoms with Gasteiger partial charge in [-0.3, -0.25) is 4.79 Å². The maximum atomic E-state index is 12.9. The molecule has 0 fully saturated rings. The van der Waals surface area contributed by atoms with E-state index < -0.39 is 0 Å². The summed E-state index contributed by atoms with van der Waals surface area (Å²) >= 11 is 3.43. The molecule has 5 heteroatoms. The van der Waals surface area contributed by atoms with Crippen molar-refractivity contribution in [2.45, 2.75) is 13.8 Å². The summed E-state index contributed by atoms with van der Waals surface area (Å²) < 4.78 is 2.72. The van der Waals surface area contributed by atoms with Gasteiger partial charge in [0, 0.05) is 15.7 Å². The fourth-order valence-electron chi connectivity index (χ4n) is 3.07. The Labute approximate surface area is 178 Å². The first-order chi connectivity index (χ1) is 14.0. The highest BCUT2D eigenvalue weighted by atomic mass is 79.9. The number of carbonyl (C=O) groups excluding carboxylic acids is 1. The molecule has 0 atom stereocenters. The Balaban J connectivity index is 1.75. The van der Waals surface area contributed by atoms with Gasteiger partial charge in [-0.25, -0.2) is 4.68 Å². The van der Waals surface area contributed by atoms with Crippen LogP contribution in [0.4, 0.5) is 5.69 Å². The molecule has 1 N–H and O–H groups in total. The number of hydrogen-bond donors (Lipinski definition) is 1. The SMILES string of the molecule is Cc1ccc(-c2cc(C(=O)Nc3cccc(Br)c3)nn2-c2ccc(C)cc2)cc1. The van der Waals surface area contributed by atoms with E-state index in [9.17, 15) is 4.79 Å². The molecule has 0 unspecified atom stereocenters. The van der Waals surface area contributed by atoms with Crippen LogP contribution in [-0.2, 0) is 0 Å². The number of nitrogens with zero attached hydrogens (tertiary/aromatic N) is 2. The zero-order chi connectivity index (χ0) is 20.4. The highest BCUT2D eigenvalue weighted by Gasteiger charge is 2.17. The third kappa shape index (κ3) is 4.30. The van der Waals surface area contributed by atoms with Crippen LogP contribution in [0.1, 0.15) is 21.6 Å². The van der Waals surface area contributed by atoms with E-state index in [1.807, 2.05) is 78.3 Å². The monoisotopic (exact) mass is 445 g/mol. The first kappa shape index (κ1) is 19.2. The molecule has 4 nitrogen and oxygen atoms in total. The molecule has 0 aliphatic heterocycles. The van der Waals surface area contributed by atoms with E-state index in [0.717, 1.165) is 21.4 Å². The lowest BCUT2D eigenvalue weighted by molar-refractivity contribution is 0.102. The van der Waals surface area contributed by atoms with Gasteiger partial charge in [-0.2, -0.15) is 5.10 Å². The molecular formula is C24H20BrN3O. The second kappa shape index (κ2) is 8.05. The summed E-state index contributed by atoms with van der Waals surface area (Å²) in [4.78, 5) is 12.9. The number of carbonyl (C=O) groups is 1. The Morgan fingerprint density at radius 1 is 0.897 bits per heavy atom. The van der Waals surface area contributed by atoms with E-state index in [1.54, 1.807) is 0 Å². The molecule has 144 valence electrons. The average molecular weight is 446 g/mol. The number of anilines is 1. The van der Waals surface area contributed by atoms with Crippen LogP contribution in [-0.4, -0.2) is 15.7 Å². The summed E-state index contributed by atoms with van der Waals surface area (Å²) in [5.41, 5.74) is 6.21. The lowest BCUT2D eigenvalue weighted by atomic mass is 10.1. The quantitative estimate of drug-likeness (QED) is 0.408. The van der Waals surface area contributed by atoms with Crippen LogP contribution < -0.4 is 5.32 Å². The second-order valence-electron chi connectivity index (χ2n) is 6.99. The van der Waals surface area contributed by atoms with Gasteiger partial charge in [0.15, 0.2) is 5.69 Å². The molecule has 1 heterocycles. The van der Waals surface area contributed by atoms with Crippen LogP contribution in [0, 0.1) is 13.8 Å². The highest BCUT2D eigenvalue weighted by molar-refractivity contribution is 9.10. The first-order valence-electron chi connectivity index (χ1n) is 9.31. The number of rotatable bonds is 4. The van der Waals surface area contributed by atoms with Crippen molar-refractivity contribution in [1.82, 2.24) is 9.78 Å². The molecule has 4 aromatic rings. The zero-order valence-corrected chi connectivity index (χ0v) is 17.8. The molecule has 0 radical (unpaired) electrons. The van der Waals surface area contributed by atoms with Gasteiger partial charge in [-0.05, 0) is 50.2 Å². The fraction of sp³-hybridized carbons (Fsp3) is 0.0833. The lowest BCUT2D eigenvalue weighted by Crippen LogP contribution is -2.13. The van der Waals surface area contributed by atoms with Gasteiger partial charge < -0.3 is 5.32 Å². The molecule has 0 saturated heterocycles. The predicted molar refractivity (Wildman–Crippen MR) is 121 cm³/mol. The predicted octanol–water partition coefficient (Wildman–Crippen LogP) is 6.17. The largest absolute Gasteiger partial charge is 0.321 e. The maximum Gasteiger partial charge on any atom is 0.276 e. The first-order valence-corrected chi connectivity index (χ1v) is 10.1. The third-order valence-corrected chi connectivity index (χ3v) is 5.14. The number of halogens is 1. The van der Waals surface area contributed by atoms with Gasteiger partial charge in [0.05, 0.1) is 11.4 Å². The van der Waals surface area contributed by atoms with Crippen molar-refractivity contribution in [3.63, 3.8) is 0 Å². The van der Waals surface area contributed by atoms with Crippen molar-refractivity contribution in [3.8, 4) is 16.9 Å². The molecule has 0 aliphatic carbocycles. The minimum absolute atomic E-state index is 0.248. The molecular weight excluding hydrogens is 426 g/mol. The second-order valence-corrected chi connectivity index (χ2v) is 7.91. The minimum Gasteiger partial charge on any atom is -0.321 e. The maximum absolute atomic E-state index is 12.9. The zero-order valence-electron chi connectivity index (χ0n) is 16.2. The Hall–Kier alpha value is -3.18. The minimum atomic E-state index is -0.248. The normalized spacial score (nSPS) is 10.7. The number of benzene rings is 3. The Morgan fingerprint density at radius 2 is 1.55 bits per heavy atom. The Kier molecular flexibility index (Phi) is 5.32. The topological polar surface area (TPSA) is 46.9 Å². The van der Waals surface area contributed by atoms with Crippen molar-refractivity contribution in [2.24, 2.45) is 0 Å². The fourth-order valence-corrected chi connectivity index (χ4v) is 3.47. The van der Waals surface area contributed by atoms with Crippen LogP contribution in [0.5, 0.6) is 0 Å². The summed E-state index contributed by atoms with van der Waals surface area (Å²) in [5, 5.41) is 7.54. The van der Waals surface area contributed by atoms with Crippen LogP contribution in [0.2, 0.25) is 0 Å². The van der Waals surface area contributed by atoms with Crippen molar-refractivity contribution in [2.75, 3.05) is 5.32 Å². The van der Waals surface area contributed by atoms with Crippen LogP contribution in [0.3, 0.4) is 0 Å². The van der Waals surface area contributed by atoms with E-state index in [4.69, 9.17) is 0 Å². The summed E-state index contributed by atoms with van der Waals surface area (Å²) in [7, 11) is 0. The van der Waals surface area contributed by atoms with Crippen LogP contribution >= 0.6 is 15.9 Å². The van der Waals surface area contributed by atoms with Crippen molar-refractivity contribution in [1.29, 1.82) is 0 Å². The van der Waals surface area contributed by atoms with Gasteiger partial charge in [0.2, 0.25) is 0 Å². The summed E-state index contributed by atoms with van der Waals surface area (Å²) in [6.07, 6.45) is 0. The van der Waals surface area contributed by atoms with Crippen molar-refractivity contribution < 1.29 is 4.79 Å². The third-order valence-electron chi connectivity index (χ3n) is 4.65. The molecule has 0 bridgehead atoms. The number of nitrogens with one attached hydrogen (secondary N) is 1. The van der Waals surface area contributed by atoms with Gasteiger partial charge in [-0.15, -0.1) is 0 Å². The van der Waals surface area contributed by atoms with Gasteiger partial charge in [0.1, 0.15) is 0 Å². The number of amides is 1. The number of aryl methyl sites for hydroxylation is 2. The van der Waals surface area contributed by atoms with Gasteiger partial charge in [0.25, 0.3) is 5.91 Å². The van der Waals surface area contributed by atoms with Gasteiger partial charge in [-0.1, -0.05) is 69.5 Å². The van der Waals surface area contributed by atoms with Crippen LogP contribution in [0.25, 0.3) is 16.9 Å². The molecule has 29 heavy (non-hydrogen) atoms. The smallest absolute Gasteiger partial charge is 0.276 e. The molecule has 4 rings (SSSR count). The molecule has 1 aromatic heterocycles. The highest BCUT2D eigenvalue weighted by Crippen LogP contribution is 2.25. The van der Waals surface area contributed by atoms with Crippen LogP contribution in [0.15, 0.2) is 83.3 Å². The number of hydrogen-bond acceptors (Lipinski definition) is 2. The Bertz CT molecular complexity index is 1100. The summed E-state index contributed by atoms with van der Waals surface area (Å²) in [6, 6.07) is 25.6. The lowest BCUT2D eigenvalue weighted by Gasteiger charge is -2.08. The Morgan fingerprint density at radius 3 is 2.21 bits per heavy atom. The molecule has 0 spiro atoms. The molecule has 1 amide bonds. The van der Waals surface area contributed by atoms with E-state index in [2.05, 4.69) is 45.4 Å². The van der Waals surface area contributed by atoms with Gasteiger partial charge >= 0.3 is 0 Å². The van der Waals surface area contributed by atoms with Crippen molar-refractivity contribution in [3.05, 3.63) is 100 Å². The number of aromatic nitrogens is 2. The van der Waals surface area contributed by atoms with E-state index in [-0.39, 0.29) is 5.91 Å². The summed E-state index contributed by atoms with van der Waals surface area (Å²) in [6.45, 7) is 4.10. The molecule has 0 aliphatic rings. The molecule has 0 saturated carbocycles. The van der Waals surface area contributed by atoms with E-state index >= 15 is 0 Å². The average Bonchev–Trinajstić information content (AvgIpc) is 3.15. The molecule has 3 aromatic carbocycles. The van der Waals surface area contributed by atoms with Crippen molar-refractivity contribution >= 4 is 27.5 Å². The van der Waals surface area contributed by atoms with E-state index in [0.29, 0.717) is 11.4 Å². The summed E-state index contributed by atoms with van der Waals surface area (Å²) in [5.74, 6) is -0.248. The standard InChI is InChI=1S/C24H20BrN3O/c1-16-6-10-18(11-7-16)23-15-22(24(29)26-20-5-3-4-19(25)14-20)27-28(23)21-12-8-17(2)9-13-21/h3-15H,1-2H3,(H,26,29).